The maximum absolute atomic E-state index is 13.9. The van der Waals surface area contributed by atoms with Crippen LogP contribution in [0.5, 0.6) is 0 Å². The largest absolute Gasteiger partial charge is 0.422 e. The zero-order chi connectivity index (χ0) is 28.7. The molecule has 204 valence electrons. The lowest BCUT2D eigenvalue weighted by Gasteiger charge is -2.24. The van der Waals surface area contributed by atoms with Crippen molar-refractivity contribution in [2.75, 3.05) is 16.1 Å². The van der Waals surface area contributed by atoms with Crippen molar-refractivity contribution in [2.24, 2.45) is 0 Å². The second-order valence-electron chi connectivity index (χ2n) is 9.33. The van der Waals surface area contributed by atoms with E-state index in [0.717, 1.165) is 16.8 Å². The third-order valence-electron chi connectivity index (χ3n) is 6.49. The molecule has 0 spiro atoms. The lowest BCUT2D eigenvalue weighted by atomic mass is 10.1. The Kier molecular flexibility index (Phi) is 6.99. The molecule has 4 aromatic carbocycles. The summed E-state index contributed by atoms with van der Waals surface area (Å²) in [5.74, 6) is 0. The summed E-state index contributed by atoms with van der Waals surface area (Å²) in [6.07, 6.45) is 0. The molecule has 0 unspecified atom stereocenters. The van der Waals surface area contributed by atoms with Crippen LogP contribution in [0.25, 0.3) is 22.1 Å². The van der Waals surface area contributed by atoms with E-state index in [1.807, 2.05) is 0 Å². The van der Waals surface area contributed by atoms with Crippen LogP contribution in [0.15, 0.2) is 116 Å². The van der Waals surface area contributed by atoms with Gasteiger partial charge >= 0.3 is 5.63 Å². The van der Waals surface area contributed by atoms with Gasteiger partial charge in [-0.15, -0.1) is 0 Å². The van der Waals surface area contributed by atoms with E-state index in [2.05, 4.69) is 5.32 Å². The standard InChI is InChI=1S/C30H26N2O6S2/c1-20-4-13-26(14-5-20)39(34,35)32(40(36,37)27-15-6-21(2)7-16-27)25-12-17-29-23(18-25)19-28(30(33)38-29)22-8-10-24(31-3)11-9-22/h4-19,31H,1-3H3. The highest BCUT2D eigenvalue weighted by Crippen LogP contribution is 2.34. The molecule has 10 heteroatoms. The maximum Gasteiger partial charge on any atom is 0.344 e. The van der Waals surface area contributed by atoms with Gasteiger partial charge in [0.1, 0.15) is 5.58 Å². The Morgan fingerprint density at radius 3 is 1.70 bits per heavy atom. The molecule has 0 bridgehead atoms. The third kappa shape index (κ3) is 4.99. The molecular weight excluding hydrogens is 548 g/mol. The molecule has 5 rings (SSSR count). The van der Waals surface area contributed by atoms with E-state index in [0.29, 0.717) is 14.7 Å². The van der Waals surface area contributed by atoms with Crippen molar-refractivity contribution < 1.29 is 21.3 Å². The number of sulfonamides is 2. The van der Waals surface area contributed by atoms with Crippen LogP contribution in [0.2, 0.25) is 0 Å². The van der Waals surface area contributed by atoms with Crippen LogP contribution in [0.1, 0.15) is 11.1 Å². The van der Waals surface area contributed by atoms with Crippen molar-refractivity contribution in [3.63, 3.8) is 0 Å². The van der Waals surface area contributed by atoms with Crippen LogP contribution < -0.4 is 14.7 Å². The van der Waals surface area contributed by atoms with Crippen LogP contribution >= 0.6 is 0 Å². The van der Waals surface area contributed by atoms with Crippen LogP contribution in [-0.4, -0.2) is 23.9 Å². The molecule has 0 aliphatic heterocycles. The minimum Gasteiger partial charge on any atom is -0.422 e. The molecule has 0 amide bonds. The zero-order valence-corrected chi connectivity index (χ0v) is 23.6. The molecule has 0 aliphatic rings. The highest BCUT2D eigenvalue weighted by molar-refractivity contribution is 8.10. The summed E-state index contributed by atoms with van der Waals surface area (Å²) in [4.78, 5) is 12.4. The Bertz CT molecular complexity index is 1910. The molecule has 0 aliphatic carbocycles. The van der Waals surface area contributed by atoms with Gasteiger partial charge in [-0.3, -0.25) is 0 Å². The maximum atomic E-state index is 13.9. The molecule has 1 N–H and O–H groups in total. The van der Waals surface area contributed by atoms with E-state index >= 15 is 0 Å². The number of rotatable bonds is 7. The molecule has 40 heavy (non-hydrogen) atoms. The van der Waals surface area contributed by atoms with Gasteiger partial charge < -0.3 is 9.73 Å². The van der Waals surface area contributed by atoms with Crippen molar-refractivity contribution in [3.8, 4) is 11.1 Å². The van der Waals surface area contributed by atoms with Crippen molar-refractivity contribution >= 4 is 42.4 Å². The topological polar surface area (TPSA) is 114 Å². The Balaban J connectivity index is 1.72. The summed E-state index contributed by atoms with van der Waals surface area (Å²) < 4.78 is 61.7. The lowest BCUT2D eigenvalue weighted by molar-refractivity contribution is 0.563. The van der Waals surface area contributed by atoms with Gasteiger partial charge in [-0.05, 0) is 80.1 Å². The van der Waals surface area contributed by atoms with Crippen LogP contribution in [0.3, 0.4) is 0 Å². The number of hydrogen-bond donors (Lipinski definition) is 1. The van der Waals surface area contributed by atoms with Crippen molar-refractivity contribution in [1.29, 1.82) is 0 Å². The quantitative estimate of drug-likeness (QED) is 0.248. The monoisotopic (exact) mass is 574 g/mol. The predicted molar refractivity (Wildman–Crippen MR) is 157 cm³/mol. The lowest BCUT2D eigenvalue weighted by Crippen LogP contribution is -2.37. The van der Waals surface area contributed by atoms with Crippen LogP contribution in [0.4, 0.5) is 11.4 Å². The van der Waals surface area contributed by atoms with Gasteiger partial charge in [-0.1, -0.05) is 47.5 Å². The fourth-order valence-corrected chi connectivity index (χ4v) is 7.94. The Morgan fingerprint density at radius 1 is 0.675 bits per heavy atom. The second-order valence-corrected chi connectivity index (χ2v) is 13.1. The number of nitrogens with zero attached hydrogens (tertiary/aromatic N) is 1. The summed E-state index contributed by atoms with van der Waals surface area (Å²) in [6.45, 7) is 3.61. The minimum atomic E-state index is -4.59. The normalized spacial score (nSPS) is 11.9. The van der Waals surface area contributed by atoms with Crippen LogP contribution in [0, 0.1) is 13.8 Å². The molecule has 0 atom stereocenters. The van der Waals surface area contributed by atoms with E-state index in [9.17, 15) is 21.6 Å². The molecule has 1 aromatic heterocycles. The molecule has 1 heterocycles. The number of aryl methyl sites for hydroxylation is 2. The average Bonchev–Trinajstić information content (AvgIpc) is 2.93. The van der Waals surface area contributed by atoms with Gasteiger partial charge in [0.05, 0.1) is 21.0 Å². The molecule has 0 saturated carbocycles. The molecular formula is C30H26N2O6S2. The summed E-state index contributed by atoms with van der Waals surface area (Å²) in [7, 11) is -7.40. The first-order valence-corrected chi connectivity index (χ1v) is 15.2. The summed E-state index contributed by atoms with van der Waals surface area (Å²) in [6, 6.07) is 24.7. The second kappa shape index (κ2) is 10.3. The molecule has 5 aromatic rings. The average molecular weight is 575 g/mol. The molecule has 0 saturated heterocycles. The number of hydrogen-bond acceptors (Lipinski definition) is 7. The van der Waals surface area contributed by atoms with E-state index in [1.165, 1.54) is 42.5 Å². The van der Waals surface area contributed by atoms with Crippen LogP contribution in [-0.2, 0) is 20.0 Å². The minimum absolute atomic E-state index is 0.126. The van der Waals surface area contributed by atoms with Gasteiger partial charge in [-0.2, -0.15) is 3.71 Å². The summed E-state index contributed by atoms with van der Waals surface area (Å²) in [5.41, 5.74) is 2.83. The highest BCUT2D eigenvalue weighted by Gasteiger charge is 2.37. The van der Waals surface area contributed by atoms with E-state index in [1.54, 1.807) is 75.5 Å². The first kappa shape index (κ1) is 27.2. The zero-order valence-electron chi connectivity index (χ0n) is 22.0. The highest BCUT2D eigenvalue weighted by atomic mass is 32.3. The number of nitrogens with one attached hydrogen (secondary N) is 1. The van der Waals surface area contributed by atoms with Gasteiger partial charge in [0.2, 0.25) is 0 Å². The summed E-state index contributed by atoms with van der Waals surface area (Å²) in [5, 5.41) is 3.36. The summed E-state index contributed by atoms with van der Waals surface area (Å²) >= 11 is 0. The van der Waals surface area contributed by atoms with Crippen molar-refractivity contribution in [3.05, 3.63) is 119 Å². The van der Waals surface area contributed by atoms with Gasteiger partial charge in [0.15, 0.2) is 0 Å². The molecule has 8 nitrogen and oxygen atoms in total. The van der Waals surface area contributed by atoms with Crippen molar-refractivity contribution in [1.82, 2.24) is 0 Å². The number of anilines is 2. The Hall–Kier alpha value is -4.41. The Labute approximate surface area is 232 Å². The molecule has 0 fully saturated rings. The van der Waals surface area contributed by atoms with Gasteiger partial charge in [0, 0.05) is 18.1 Å². The number of fused-ring (bicyclic) bond motifs is 1. The fraction of sp³-hybridized carbons (Fsp3) is 0.100. The van der Waals surface area contributed by atoms with Crippen molar-refractivity contribution in [2.45, 2.75) is 23.6 Å². The first-order valence-electron chi connectivity index (χ1n) is 12.3. The molecule has 0 radical (unpaired) electrons. The van der Waals surface area contributed by atoms with E-state index in [-0.39, 0.29) is 26.6 Å². The van der Waals surface area contributed by atoms with Gasteiger partial charge in [0.25, 0.3) is 20.0 Å². The SMILES string of the molecule is CNc1ccc(-c2cc3cc(N(S(=O)(=O)c4ccc(C)cc4)S(=O)(=O)c4ccc(C)cc4)ccc3oc2=O)cc1. The first-order chi connectivity index (χ1) is 19.0. The van der Waals surface area contributed by atoms with Gasteiger partial charge in [-0.25, -0.2) is 21.6 Å². The predicted octanol–water partition coefficient (Wildman–Crippen LogP) is 5.70. The van der Waals surface area contributed by atoms with E-state index < -0.39 is 25.7 Å². The third-order valence-corrected chi connectivity index (χ3v) is 10.7. The number of benzene rings is 4. The Morgan fingerprint density at radius 2 is 1.20 bits per heavy atom. The smallest absolute Gasteiger partial charge is 0.344 e. The fourth-order valence-electron chi connectivity index (χ4n) is 4.26. The van der Waals surface area contributed by atoms with E-state index in [4.69, 9.17) is 4.42 Å².